The molecule has 2 aromatic rings. The molecule has 0 aliphatic carbocycles. The molecule has 15 atom stereocenters. The van der Waals surface area contributed by atoms with Gasteiger partial charge in [0, 0.05) is 37.6 Å². The molecule has 404 valence electrons. The van der Waals surface area contributed by atoms with Crippen LogP contribution in [0.25, 0.3) is 11.1 Å². The molecule has 2 fully saturated rings. The molecule has 16 N–H and O–H groups in total. The fourth-order valence-corrected chi connectivity index (χ4v) is 8.63. The summed E-state index contributed by atoms with van der Waals surface area (Å²) in [4.78, 5) is 96.0. The molecule has 5 rings (SSSR count). The Morgan fingerprint density at radius 3 is 2.10 bits per heavy atom. The van der Waals surface area contributed by atoms with Gasteiger partial charge in [0.15, 0.2) is 5.78 Å². The van der Waals surface area contributed by atoms with Crippen LogP contribution in [-0.2, 0) is 49.5 Å². The first-order chi connectivity index (χ1) is 34.7. The van der Waals surface area contributed by atoms with Crippen molar-refractivity contribution >= 4 is 41.6 Å². The molecule has 2 aromatic carbocycles. The maximum Gasteiger partial charge on any atom is 0.248 e. The van der Waals surface area contributed by atoms with Crippen molar-refractivity contribution in [1.29, 1.82) is 0 Å². The van der Waals surface area contributed by atoms with Crippen molar-refractivity contribution in [1.82, 2.24) is 31.5 Å². The van der Waals surface area contributed by atoms with Gasteiger partial charge in [-0.1, -0.05) is 12.1 Å². The number of nitrogens with zero attached hydrogens (tertiary/aromatic N) is 1. The van der Waals surface area contributed by atoms with Gasteiger partial charge in [0.2, 0.25) is 42.1 Å². The van der Waals surface area contributed by atoms with Crippen LogP contribution < -0.4 is 53.3 Å². The number of likely N-dealkylation sites (N-methyl/N-ethyl adjacent to an activating group) is 1. The van der Waals surface area contributed by atoms with Crippen molar-refractivity contribution in [3.05, 3.63) is 47.5 Å². The molecule has 5 amide bonds. The molecule has 0 radical (unpaired) electrons. The summed E-state index contributed by atoms with van der Waals surface area (Å²) in [6, 6.07) is -0.565. The first kappa shape index (κ1) is 58.2. The number of carbonyl (C=O) groups is 7. The Bertz CT molecular complexity index is 2270. The lowest BCUT2D eigenvalue weighted by Gasteiger charge is -2.41. The van der Waals surface area contributed by atoms with E-state index >= 15 is 0 Å². The maximum atomic E-state index is 14.9. The summed E-state index contributed by atoms with van der Waals surface area (Å²) in [5.41, 5.74) is 19.1. The van der Waals surface area contributed by atoms with Crippen LogP contribution in [0, 0.1) is 5.92 Å². The fourth-order valence-electron chi connectivity index (χ4n) is 8.63. The molecule has 25 heteroatoms. The highest BCUT2D eigenvalue weighted by atomic mass is 16.7. The van der Waals surface area contributed by atoms with Gasteiger partial charge in [0.05, 0.1) is 49.5 Å². The summed E-state index contributed by atoms with van der Waals surface area (Å²) in [6.45, 7) is 3.23. The molecule has 2 saturated heterocycles. The third-order valence-corrected chi connectivity index (χ3v) is 13.2. The summed E-state index contributed by atoms with van der Waals surface area (Å²) in [5.74, 6) is -5.43. The number of ether oxygens (including phenoxy) is 4. The molecule has 0 aromatic heterocycles. The van der Waals surface area contributed by atoms with Gasteiger partial charge < -0.3 is 98.0 Å². The lowest BCUT2D eigenvalue weighted by Crippen LogP contribution is -2.63. The fraction of sp³-hybridized carbons (Fsp3) is 0.604. The van der Waals surface area contributed by atoms with Crippen molar-refractivity contribution in [3.63, 3.8) is 0 Å². The van der Waals surface area contributed by atoms with Gasteiger partial charge in [-0.3, -0.25) is 28.8 Å². The second-order valence-electron chi connectivity index (χ2n) is 18.6. The number of rotatable bonds is 20. The van der Waals surface area contributed by atoms with Crippen LogP contribution in [-0.4, -0.2) is 192 Å². The lowest BCUT2D eigenvalue weighted by atomic mass is 9.89. The average molecular weight is 1030 g/mol. The molecule has 3 aliphatic heterocycles. The Hall–Kier alpha value is -5.71. The van der Waals surface area contributed by atoms with E-state index in [2.05, 4.69) is 26.6 Å². The maximum absolute atomic E-state index is 14.9. The number of Topliss-reactive ketones (excluding diaryl/α,β-unsaturated/α-hetero) is 1. The first-order valence-electron chi connectivity index (χ1n) is 24.2. The zero-order valence-corrected chi connectivity index (χ0v) is 41.5. The highest BCUT2D eigenvalue weighted by molar-refractivity contribution is 5.97. The predicted molar refractivity (Wildman–Crippen MR) is 259 cm³/mol. The first-order valence-corrected chi connectivity index (χ1v) is 24.2. The summed E-state index contributed by atoms with van der Waals surface area (Å²) in [6.07, 6.45) is -9.32. The number of amides is 5. The summed E-state index contributed by atoms with van der Waals surface area (Å²) in [7, 11) is 2.99. The van der Waals surface area contributed by atoms with Gasteiger partial charge in [-0.25, -0.2) is 0 Å². The van der Waals surface area contributed by atoms with Crippen LogP contribution >= 0.6 is 0 Å². The zero-order chi connectivity index (χ0) is 53.8. The molecule has 4 bridgehead atoms. The Labute approximate surface area is 422 Å². The van der Waals surface area contributed by atoms with E-state index in [0.717, 1.165) is 4.90 Å². The van der Waals surface area contributed by atoms with Gasteiger partial charge in [-0.2, -0.15) is 0 Å². The SMILES string of the molecule is CNCCC(=O)N[C@@H](CCCCN)C(=O)N(C)[C@@H]1C(=O)N[C@@H](C)C(=O)N[C@H](C(=O)N[C@@H](C)C(C)=O)Cc2ccc(OC3O[C@H](CO)[C@@H](C=O)[C@H](O)[C@H]3N)c(c2)-c2cc1ccc2OC1O[C@H](CO)[C@@H](O)[C@H](O)[C@H]1N. The number of aliphatic hydroxyl groups is 5. The normalized spacial score (nSPS) is 29.2. The van der Waals surface area contributed by atoms with Crippen LogP contribution in [0.1, 0.15) is 63.6 Å². The lowest BCUT2D eigenvalue weighted by molar-refractivity contribution is -0.239. The van der Waals surface area contributed by atoms with Crippen LogP contribution in [0.2, 0.25) is 0 Å². The van der Waals surface area contributed by atoms with Gasteiger partial charge in [-0.05, 0) is 89.0 Å². The molecule has 3 aliphatic rings. The number of ketones is 1. The molecule has 0 saturated carbocycles. The van der Waals surface area contributed by atoms with Crippen LogP contribution in [0.4, 0.5) is 0 Å². The largest absolute Gasteiger partial charge is 0.462 e. The summed E-state index contributed by atoms with van der Waals surface area (Å²) in [5, 5.41) is 66.4. The minimum absolute atomic E-state index is 0.0237. The van der Waals surface area contributed by atoms with E-state index in [-0.39, 0.29) is 53.2 Å². The van der Waals surface area contributed by atoms with E-state index in [1.807, 2.05) is 0 Å². The Balaban J connectivity index is 1.78. The van der Waals surface area contributed by atoms with E-state index in [0.29, 0.717) is 37.8 Å². The van der Waals surface area contributed by atoms with Gasteiger partial charge >= 0.3 is 0 Å². The molecule has 3 heterocycles. The van der Waals surface area contributed by atoms with Crippen LogP contribution in [0.3, 0.4) is 0 Å². The highest BCUT2D eigenvalue weighted by Crippen LogP contribution is 2.42. The van der Waals surface area contributed by atoms with Gasteiger partial charge in [-0.15, -0.1) is 0 Å². The Kier molecular flexibility index (Phi) is 21.1. The number of nitrogens with one attached hydrogen (secondary N) is 5. The predicted octanol–water partition coefficient (Wildman–Crippen LogP) is -4.54. The van der Waals surface area contributed by atoms with Gasteiger partial charge in [0.25, 0.3) is 0 Å². The highest BCUT2D eigenvalue weighted by Gasteiger charge is 2.46. The molecular weight excluding hydrogens is 959 g/mol. The summed E-state index contributed by atoms with van der Waals surface area (Å²) < 4.78 is 24.6. The van der Waals surface area contributed by atoms with Gasteiger partial charge in [0.1, 0.15) is 60.3 Å². The van der Waals surface area contributed by atoms with E-state index in [1.54, 1.807) is 7.05 Å². The second-order valence-corrected chi connectivity index (χ2v) is 18.6. The number of nitrogens with two attached hydrogens (primary N) is 3. The molecule has 25 nitrogen and oxygen atoms in total. The molecular formula is C48H71N9O16. The third kappa shape index (κ3) is 14.1. The minimum Gasteiger partial charge on any atom is -0.462 e. The van der Waals surface area contributed by atoms with Crippen molar-refractivity contribution in [2.75, 3.05) is 40.4 Å². The molecule has 0 spiro atoms. The second kappa shape index (κ2) is 26.5. The number of hydrogen-bond acceptors (Lipinski definition) is 20. The Morgan fingerprint density at radius 1 is 0.877 bits per heavy atom. The standard InChI is InChI=1S/C48H71N9O16/c1-22(24(3)61)53-44(67)31-17-25-9-11-32(70-47-37(50)40(63)29(19-58)34(20-59)72-47)27(16-25)28-18-26(10-12-33(28)71-48-38(51)42(65)41(64)35(21-60)73-48)39(45(68)54-23(2)43(66)56-31)57(5)46(69)30(8-6-7-14-49)55-36(62)13-15-52-4/h9-12,16,18-19,22-23,29-31,34-35,37-42,47-48,52,59-60,63-65H,6-8,13-15,17,20-21,49-51H2,1-5H3,(H,53,67)(H,54,68)(H,55,62)(H,56,66)/t22-,23-,29+,30-,31-,34+,35+,37+,38+,39-,40-,41+,42+,47?,48?/m0/s1. The Morgan fingerprint density at radius 2 is 1.49 bits per heavy atom. The van der Waals surface area contributed by atoms with Crippen molar-refractivity contribution < 1.29 is 78.0 Å². The number of hydrogen-bond donors (Lipinski definition) is 13. The third-order valence-electron chi connectivity index (χ3n) is 13.2. The van der Waals surface area contributed by atoms with Crippen molar-refractivity contribution in [2.45, 2.75) is 138 Å². The average Bonchev–Trinajstić information content (AvgIpc) is 3.36. The number of aliphatic hydroxyl groups excluding tert-OH is 5. The summed E-state index contributed by atoms with van der Waals surface area (Å²) >= 11 is 0. The monoisotopic (exact) mass is 1030 g/mol. The van der Waals surface area contributed by atoms with E-state index in [4.69, 9.17) is 36.1 Å². The van der Waals surface area contributed by atoms with Crippen molar-refractivity contribution in [2.24, 2.45) is 23.1 Å². The number of benzene rings is 2. The van der Waals surface area contributed by atoms with Crippen LogP contribution in [0.5, 0.6) is 11.5 Å². The van der Waals surface area contributed by atoms with E-state index in [9.17, 15) is 59.1 Å². The molecule has 2 unspecified atom stereocenters. The zero-order valence-electron chi connectivity index (χ0n) is 41.5. The van der Waals surface area contributed by atoms with Crippen molar-refractivity contribution in [3.8, 4) is 22.6 Å². The van der Waals surface area contributed by atoms with E-state index < -0.39 is 134 Å². The number of carbonyl (C=O) groups excluding carboxylic acids is 7. The van der Waals surface area contributed by atoms with Crippen LogP contribution in [0.15, 0.2) is 36.4 Å². The number of unbranched alkanes of at least 4 members (excludes halogenated alkanes) is 1. The quantitative estimate of drug-likeness (QED) is 0.0439. The van der Waals surface area contributed by atoms with E-state index in [1.165, 1.54) is 64.2 Å². The number of fused-ring (bicyclic) bond motifs is 5. The topological polar surface area (TPSA) is 399 Å². The number of aldehydes is 1. The minimum atomic E-state index is -1.66. The smallest absolute Gasteiger partial charge is 0.248 e. The molecule has 73 heavy (non-hydrogen) atoms.